The lowest BCUT2D eigenvalue weighted by Crippen LogP contribution is -1.99. The fourth-order valence-corrected chi connectivity index (χ4v) is 2.18. The van der Waals surface area contributed by atoms with Gasteiger partial charge >= 0.3 is 0 Å². The van der Waals surface area contributed by atoms with Gasteiger partial charge in [-0.2, -0.15) is 0 Å². The van der Waals surface area contributed by atoms with Crippen molar-refractivity contribution in [3.63, 3.8) is 0 Å². The molecule has 2 rings (SSSR count). The Morgan fingerprint density at radius 3 is 2.76 bits per heavy atom. The molecule has 0 spiro atoms. The van der Waals surface area contributed by atoms with E-state index in [4.69, 9.17) is 9.47 Å². The van der Waals surface area contributed by atoms with Crippen LogP contribution in [0.3, 0.4) is 0 Å². The smallest absolute Gasteiger partial charge is 0.161 e. The third-order valence-corrected chi connectivity index (χ3v) is 3.54. The highest BCUT2D eigenvalue weighted by molar-refractivity contribution is 5.59. The van der Waals surface area contributed by atoms with Gasteiger partial charge in [0.2, 0.25) is 0 Å². The van der Waals surface area contributed by atoms with E-state index in [1.54, 1.807) is 30.4 Å². The molecular weight excluding hydrogens is 316 g/mol. The lowest BCUT2D eigenvalue weighted by Gasteiger charge is -2.06. The van der Waals surface area contributed by atoms with Crippen molar-refractivity contribution < 1.29 is 19.7 Å². The van der Waals surface area contributed by atoms with Gasteiger partial charge in [-0.05, 0) is 55.3 Å². The largest absolute Gasteiger partial charge is 0.504 e. The molecule has 1 unspecified atom stereocenters. The second-order valence-electron chi connectivity index (χ2n) is 5.92. The zero-order chi connectivity index (χ0) is 18.2. The fourth-order valence-electron chi connectivity index (χ4n) is 2.18. The topological polar surface area (TPSA) is 58.9 Å². The number of phenolic OH excluding ortho intramolecular Hbond substituents is 1. The van der Waals surface area contributed by atoms with Gasteiger partial charge in [0, 0.05) is 0 Å². The molecule has 0 radical (unpaired) electrons. The van der Waals surface area contributed by atoms with E-state index in [2.05, 4.69) is 0 Å². The Balaban J connectivity index is 2.16. The standard InChI is InChI=1S/C21H24O4/c1-15(2)10-11-25-19-12-16(6-8-18(22)14-19)4-5-17-7-9-20(23)21(13-17)24-3/h4-10,12-14,18,22-23H,11H2,1-3H3/b5-4+. The van der Waals surface area contributed by atoms with Crippen molar-refractivity contribution >= 4 is 6.08 Å². The average Bonchev–Trinajstić information content (AvgIpc) is 2.75. The van der Waals surface area contributed by atoms with Crippen molar-refractivity contribution in [3.8, 4) is 11.5 Å². The molecule has 4 heteroatoms. The first-order valence-corrected chi connectivity index (χ1v) is 8.09. The second kappa shape index (κ2) is 8.94. The van der Waals surface area contributed by atoms with Gasteiger partial charge in [0.1, 0.15) is 12.4 Å². The molecule has 25 heavy (non-hydrogen) atoms. The van der Waals surface area contributed by atoms with Crippen LogP contribution in [0.1, 0.15) is 19.4 Å². The van der Waals surface area contributed by atoms with Gasteiger partial charge in [-0.15, -0.1) is 0 Å². The van der Waals surface area contributed by atoms with Gasteiger partial charge < -0.3 is 19.7 Å². The Kier molecular flexibility index (Phi) is 6.66. The quantitative estimate of drug-likeness (QED) is 0.764. The highest BCUT2D eigenvalue weighted by Gasteiger charge is 2.05. The van der Waals surface area contributed by atoms with Gasteiger partial charge in [0.25, 0.3) is 0 Å². The van der Waals surface area contributed by atoms with Crippen molar-refractivity contribution in [2.75, 3.05) is 13.7 Å². The first-order valence-electron chi connectivity index (χ1n) is 8.09. The van der Waals surface area contributed by atoms with Gasteiger partial charge in [-0.3, -0.25) is 0 Å². The van der Waals surface area contributed by atoms with Crippen LogP contribution >= 0.6 is 0 Å². The number of hydrogen-bond donors (Lipinski definition) is 2. The van der Waals surface area contributed by atoms with Gasteiger partial charge in [-0.25, -0.2) is 0 Å². The SMILES string of the molecule is COc1cc(/C=C/C2=CC(OCC=C(C)C)=CC(O)C=C2)ccc1O. The summed E-state index contributed by atoms with van der Waals surface area (Å²) in [5, 5.41) is 19.6. The number of aliphatic hydroxyl groups excluding tert-OH is 1. The highest BCUT2D eigenvalue weighted by atomic mass is 16.5. The summed E-state index contributed by atoms with van der Waals surface area (Å²) in [4.78, 5) is 0. The van der Waals surface area contributed by atoms with E-state index in [-0.39, 0.29) is 5.75 Å². The maximum atomic E-state index is 9.91. The minimum Gasteiger partial charge on any atom is -0.504 e. The van der Waals surface area contributed by atoms with Crippen LogP contribution in [0.15, 0.2) is 71.6 Å². The van der Waals surface area contributed by atoms with E-state index in [1.807, 2.05) is 44.2 Å². The number of rotatable bonds is 6. The average molecular weight is 340 g/mol. The van der Waals surface area contributed by atoms with E-state index >= 15 is 0 Å². The van der Waals surface area contributed by atoms with Crippen molar-refractivity contribution in [1.82, 2.24) is 0 Å². The Morgan fingerprint density at radius 1 is 1.24 bits per heavy atom. The summed E-state index contributed by atoms with van der Waals surface area (Å²) < 4.78 is 10.8. The van der Waals surface area contributed by atoms with E-state index < -0.39 is 6.10 Å². The molecular formula is C21H24O4. The predicted octanol–water partition coefficient (Wildman–Crippen LogP) is 4.14. The summed E-state index contributed by atoms with van der Waals surface area (Å²) >= 11 is 0. The van der Waals surface area contributed by atoms with Crippen molar-refractivity contribution in [3.05, 3.63) is 77.1 Å². The van der Waals surface area contributed by atoms with E-state index in [0.717, 1.165) is 11.1 Å². The maximum Gasteiger partial charge on any atom is 0.161 e. The van der Waals surface area contributed by atoms with Crippen LogP contribution in [0.2, 0.25) is 0 Å². The monoisotopic (exact) mass is 340 g/mol. The fraction of sp³-hybridized carbons (Fsp3) is 0.238. The third kappa shape index (κ3) is 6.01. The number of aromatic hydroxyl groups is 1. The Bertz CT molecular complexity index is 747. The molecule has 0 heterocycles. The maximum absolute atomic E-state index is 9.91. The summed E-state index contributed by atoms with van der Waals surface area (Å²) in [7, 11) is 1.52. The van der Waals surface area contributed by atoms with Crippen LogP contribution in [-0.2, 0) is 4.74 Å². The van der Waals surface area contributed by atoms with Crippen molar-refractivity contribution in [2.24, 2.45) is 0 Å². The summed E-state index contributed by atoms with van der Waals surface area (Å²) in [6.45, 7) is 4.48. The molecule has 0 aliphatic heterocycles. The molecule has 0 bridgehead atoms. The first-order chi connectivity index (χ1) is 12.0. The molecule has 4 nitrogen and oxygen atoms in total. The molecule has 132 valence electrons. The zero-order valence-corrected chi connectivity index (χ0v) is 14.8. The van der Waals surface area contributed by atoms with Crippen LogP contribution in [0, 0.1) is 0 Å². The minimum atomic E-state index is -0.683. The van der Waals surface area contributed by atoms with Crippen LogP contribution in [-0.4, -0.2) is 30.0 Å². The Labute approximate surface area is 148 Å². The van der Waals surface area contributed by atoms with E-state index in [0.29, 0.717) is 18.1 Å². The van der Waals surface area contributed by atoms with Crippen molar-refractivity contribution in [1.29, 1.82) is 0 Å². The van der Waals surface area contributed by atoms with E-state index in [1.165, 1.54) is 12.7 Å². The minimum absolute atomic E-state index is 0.106. The molecule has 0 saturated heterocycles. The number of ether oxygens (including phenoxy) is 2. The number of benzene rings is 1. The second-order valence-corrected chi connectivity index (χ2v) is 5.92. The molecule has 0 amide bonds. The Hall–Kier alpha value is -2.72. The molecule has 1 atom stereocenters. The van der Waals surface area contributed by atoms with Gasteiger partial charge in [0.15, 0.2) is 11.5 Å². The van der Waals surface area contributed by atoms with Crippen LogP contribution in [0.4, 0.5) is 0 Å². The number of methoxy groups -OCH3 is 1. The lowest BCUT2D eigenvalue weighted by atomic mass is 10.1. The summed E-state index contributed by atoms with van der Waals surface area (Å²) in [5.41, 5.74) is 2.97. The molecule has 0 fully saturated rings. The van der Waals surface area contributed by atoms with Gasteiger partial charge in [0.05, 0.1) is 13.2 Å². The summed E-state index contributed by atoms with van der Waals surface area (Å²) in [6.07, 6.45) is 12.2. The predicted molar refractivity (Wildman–Crippen MR) is 100 cm³/mol. The summed E-state index contributed by atoms with van der Waals surface area (Å²) in [5.74, 6) is 1.15. The molecule has 2 N–H and O–H groups in total. The normalized spacial score (nSPS) is 16.9. The number of aliphatic hydroxyl groups is 1. The number of phenols is 1. The Morgan fingerprint density at radius 2 is 2.04 bits per heavy atom. The molecule has 1 aromatic carbocycles. The molecule has 1 aliphatic carbocycles. The van der Waals surface area contributed by atoms with Gasteiger partial charge in [-0.1, -0.05) is 35.9 Å². The van der Waals surface area contributed by atoms with Crippen LogP contribution in [0.5, 0.6) is 11.5 Å². The number of hydrogen-bond acceptors (Lipinski definition) is 4. The number of allylic oxidation sites excluding steroid dienone is 5. The molecule has 0 saturated carbocycles. The first kappa shape index (κ1) is 18.6. The summed E-state index contributed by atoms with van der Waals surface area (Å²) in [6, 6.07) is 5.14. The highest BCUT2D eigenvalue weighted by Crippen LogP contribution is 2.27. The lowest BCUT2D eigenvalue weighted by molar-refractivity contribution is 0.236. The zero-order valence-electron chi connectivity index (χ0n) is 14.8. The van der Waals surface area contributed by atoms with Crippen LogP contribution in [0.25, 0.3) is 6.08 Å². The third-order valence-electron chi connectivity index (χ3n) is 3.54. The van der Waals surface area contributed by atoms with Crippen LogP contribution < -0.4 is 4.74 Å². The van der Waals surface area contributed by atoms with E-state index in [9.17, 15) is 10.2 Å². The molecule has 1 aliphatic rings. The molecule has 1 aromatic rings. The molecule has 0 aromatic heterocycles. The van der Waals surface area contributed by atoms with Crippen molar-refractivity contribution in [2.45, 2.75) is 20.0 Å².